The summed E-state index contributed by atoms with van der Waals surface area (Å²) in [6.07, 6.45) is 1.12. The van der Waals surface area contributed by atoms with Crippen LogP contribution in [0.3, 0.4) is 0 Å². The molecule has 4 nitrogen and oxygen atoms in total. The first-order valence-electron chi connectivity index (χ1n) is 5.01. The number of hydrogen-bond donors (Lipinski definition) is 1. The minimum atomic E-state index is -0.224. The van der Waals surface area contributed by atoms with E-state index < -0.39 is 0 Å². The zero-order valence-electron chi connectivity index (χ0n) is 7.56. The van der Waals surface area contributed by atoms with Crippen LogP contribution in [0.15, 0.2) is 0 Å². The van der Waals surface area contributed by atoms with E-state index in [4.69, 9.17) is 9.47 Å². The van der Waals surface area contributed by atoms with Gasteiger partial charge in [-0.2, -0.15) is 0 Å². The number of ether oxygens (including phenoxy) is 2. The lowest BCUT2D eigenvalue weighted by atomic mass is 10.2. The molecule has 2 saturated heterocycles. The van der Waals surface area contributed by atoms with Gasteiger partial charge in [0.05, 0.1) is 19.3 Å². The third-order valence-corrected chi connectivity index (χ3v) is 3.32. The van der Waals surface area contributed by atoms with Gasteiger partial charge < -0.3 is 14.6 Å². The van der Waals surface area contributed by atoms with Gasteiger partial charge in [-0.25, -0.2) is 0 Å². The van der Waals surface area contributed by atoms with Gasteiger partial charge in [-0.05, 0) is 6.42 Å². The summed E-state index contributed by atoms with van der Waals surface area (Å²) in [6, 6.07) is 0.448. The van der Waals surface area contributed by atoms with Gasteiger partial charge in [-0.1, -0.05) is 0 Å². The minimum Gasteiger partial charge on any atom is -0.390 e. The summed E-state index contributed by atoms with van der Waals surface area (Å²) in [5.41, 5.74) is 0. The molecule has 4 unspecified atom stereocenters. The van der Waals surface area contributed by atoms with Crippen molar-refractivity contribution in [3.63, 3.8) is 0 Å². The van der Waals surface area contributed by atoms with Gasteiger partial charge in [-0.3, -0.25) is 4.90 Å². The molecule has 0 amide bonds. The fraction of sp³-hybridized carbons (Fsp3) is 1.00. The topological polar surface area (TPSA) is 45.2 Å². The van der Waals surface area contributed by atoms with Crippen molar-refractivity contribution in [2.45, 2.75) is 30.8 Å². The Hall–Kier alpha value is -0.160. The third kappa shape index (κ3) is 1.29. The van der Waals surface area contributed by atoms with E-state index in [2.05, 4.69) is 4.90 Å². The molecule has 0 radical (unpaired) electrons. The molecule has 13 heavy (non-hydrogen) atoms. The van der Waals surface area contributed by atoms with Crippen molar-refractivity contribution < 1.29 is 14.6 Å². The van der Waals surface area contributed by atoms with E-state index in [9.17, 15) is 5.11 Å². The SMILES string of the molecule is OC1CC(N2CCOCC2)C2OC12. The van der Waals surface area contributed by atoms with Crippen molar-refractivity contribution in [2.24, 2.45) is 0 Å². The lowest BCUT2D eigenvalue weighted by Crippen LogP contribution is -2.45. The van der Waals surface area contributed by atoms with E-state index in [1.165, 1.54) is 0 Å². The maximum Gasteiger partial charge on any atom is 0.112 e. The van der Waals surface area contributed by atoms with Crippen LogP contribution >= 0.6 is 0 Å². The number of rotatable bonds is 1. The van der Waals surface area contributed by atoms with Crippen molar-refractivity contribution in [3.8, 4) is 0 Å². The second kappa shape index (κ2) is 2.92. The number of nitrogens with zero attached hydrogens (tertiary/aromatic N) is 1. The Morgan fingerprint density at radius 3 is 2.46 bits per heavy atom. The largest absolute Gasteiger partial charge is 0.390 e. The Bertz CT molecular complexity index is 205. The normalized spacial score (nSPS) is 50.5. The molecule has 1 saturated carbocycles. The Labute approximate surface area is 77.4 Å². The quantitative estimate of drug-likeness (QED) is 0.544. The summed E-state index contributed by atoms with van der Waals surface area (Å²) in [4.78, 5) is 2.39. The molecule has 3 rings (SSSR count). The fourth-order valence-electron chi connectivity index (χ4n) is 2.54. The van der Waals surface area contributed by atoms with Gasteiger partial charge in [0.15, 0.2) is 0 Å². The predicted molar refractivity (Wildman–Crippen MR) is 45.5 cm³/mol. The Morgan fingerprint density at radius 2 is 1.92 bits per heavy atom. The summed E-state index contributed by atoms with van der Waals surface area (Å²) >= 11 is 0. The van der Waals surface area contributed by atoms with Gasteiger partial charge in [0.25, 0.3) is 0 Å². The summed E-state index contributed by atoms with van der Waals surface area (Å²) in [5.74, 6) is 0. The highest BCUT2D eigenvalue weighted by atomic mass is 16.6. The molecule has 0 aromatic rings. The molecule has 1 N–H and O–H groups in total. The van der Waals surface area contributed by atoms with E-state index in [0.29, 0.717) is 12.1 Å². The number of morpholine rings is 1. The molecule has 1 aliphatic carbocycles. The van der Waals surface area contributed by atoms with E-state index in [1.54, 1.807) is 0 Å². The lowest BCUT2D eigenvalue weighted by molar-refractivity contribution is -0.00353. The number of fused-ring (bicyclic) bond motifs is 1. The van der Waals surface area contributed by atoms with Crippen LogP contribution < -0.4 is 0 Å². The van der Waals surface area contributed by atoms with Crippen LogP contribution in [0.5, 0.6) is 0 Å². The average Bonchev–Trinajstić information content (AvgIpc) is 2.89. The monoisotopic (exact) mass is 185 g/mol. The van der Waals surface area contributed by atoms with Crippen LogP contribution in [-0.2, 0) is 9.47 Å². The summed E-state index contributed by atoms with van der Waals surface area (Å²) in [5, 5.41) is 9.56. The second-order valence-electron chi connectivity index (χ2n) is 4.08. The smallest absolute Gasteiger partial charge is 0.112 e. The maximum absolute atomic E-state index is 9.56. The van der Waals surface area contributed by atoms with Crippen molar-refractivity contribution in [1.29, 1.82) is 0 Å². The zero-order valence-corrected chi connectivity index (χ0v) is 7.56. The molecule has 2 heterocycles. The number of epoxide rings is 1. The van der Waals surface area contributed by atoms with Crippen LogP contribution in [0.25, 0.3) is 0 Å². The maximum atomic E-state index is 9.56. The highest BCUT2D eigenvalue weighted by Gasteiger charge is 2.57. The summed E-state index contributed by atoms with van der Waals surface area (Å²) in [6.45, 7) is 3.63. The number of hydrogen-bond acceptors (Lipinski definition) is 4. The molecule has 4 atom stereocenters. The Morgan fingerprint density at radius 1 is 1.15 bits per heavy atom. The van der Waals surface area contributed by atoms with Gasteiger partial charge in [0.2, 0.25) is 0 Å². The first-order valence-corrected chi connectivity index (χ1v) is 5.01. The molecular formula is C9H15NO3. The van der Waals surface area contributed by atoms with E-state index in [1.807, 2.05) is 0 Å². The summed E-state index contributed by atoms with van der Waals surface area (Å²) in [7, 11) is 0. The summed E-state index contributed by atoms with van der Waals surface area (Å²) < 4.78 is 10.7. The van der Waals surface area contributed by atoms with Crippen LogP contribution in [0.2, 0.25) is 0 Å². The van der Waals surface area contributed by atoms with Crippen molar-refractivity contribution in [1.82, 2.24) is 4.90 Å². The van der Waals surface area contributed by atoms with Crippen LogP contribution in [0, 0.1) is 0 Å². The van der Waals surface area contributed by atoms with E-state index in [-0.39, 0.29) is 12.2 Å². The zero-order chi connectivity index (χ0) is 8.84. The molecule has 0 spiro atoms. The first kappa shape index (κ1) is 8.17. The molecule has 0 aromatic carbocycles. The average molecular weight is 185 g/mol. The van der Waals surface area contributed by atoms with Crippen LogP contribution in [-0.4, -0.2) is 60.7 Å². The highest BCUT2D eigenvalue weighted by Crippen LogP contribution is 2.41. The minimum absolute atomic E-state index is 0.146. The van der Waals surface area contributed by atoms with Gasteiger partial charge in [-0.15, -0.1) is 0 Å². The van der Waals surface area contributed by atoms with Crippen LogP contribution in [0.4, 0.5) is 0 Å². The molecule has 0 aromatic heterocycles. The van der Waals surface area contributed by atoms with Crippen molar-refractivity contribution in [3.05, 3.63) is 0 Å². The Kier molecular flexibility index (Phi) is 1.83. The number of aliphatic hydroxyl groups is 1. The van der Waals surface area contributed by atoms with Gasteiger partial charge in [0, 0.05) is 19.1 Å². The standard InChI is InChI=1S/C9H15NO3/c11-7-5-6(8-9(7)13-8)10-1-3-12-4-2-10/h6-9,11H,1-5H2. The first-order chi connectivity index (χ1) is 6.36. The van der Waals surface area contributed by atoms with E-state index >= 15 is 0 Å². The fourth-order valence-corrected chi connectivity index (χ4v) is 2.54. The van der Waals surface area contributed by atoms with Crippen molar-refractivity contribution in [2.75, 3.05) is 26.3 Å². The third-order valence-electron chi connectivity index (χ3n) is 3.32. The second-order valence-corrected chi connectivity index (χ2v) is 4.08. The van der Waals surface area contributed by atoms with Gasteiger partial charge >= 0.3 is 0 Å². The Balaban J connectivity index is 1.65. The molecule has 4 heteroatoms. The van der Waals surface area contributed by atoms with Gasteiger partial charge in [0.1, 0.15) is 12.2 Å². The van der Waals surface area contributed by atoms with E-state index in [0.717, 1.165) is 32.7 Å². The van der Waals surface area contributed by atoms with Crippen LogP contribution in [0.1, 0.15) is 6.42 Å². The molecule has 3 fully saturated rings. The molecular weight excluding hydrogens is 170 g/mol. The molecule has 0 bridgehead atoms. The lowest BCUT2D eigenvalue weighted by Gasteiger charge is -2.32. The number of aliphatic hydroxyl groups excluding tert-OH is 1. The molecule has 3 aliphatic rings. The molecule has 2 aliphatic heterocycles. The predicted octanol–water partition coefficient (Wildman–Crippen LogP) is -0.781. The van der Waals surface area contributed by atoms with Crippen molar-refractivity contribution >= 4 is 0 Å². The highest BCUT2D eigenvalue weighted by molar-refractivity contribution is 5.08. The molecule has 74 valence electrons.